The Morgan fingerprint density at radius 2 is 1.33 bits per heavy atom. The molecule has 2 aliphatic rings. The van der Waals surface area contributed by atoms with Crippen LogP contribution in [0.2, 0.25) is 0 Å². The summed E-state index contributed by atoms with van der Waals surface area (Å²) in [4.78, 5) is 13.4. The first-order valence-electron chi connectivity index (χ1n) is 9.04. The Labute approximate surface area is 157 Å². The SMILES string of the molecule is CC1=NN(c2ccccc2)C(=O)[C@@H]1C1c2ccccc2Oc2ccccc21. The van der Waals surface area contributed by atoms with Crippen LogP contribution in [0.1, 0.15) is 24.0 Å². The van der Waals surface area contributed by atoms with Gasteiger partial charge >= 0.3 is 0 Å². The topological polar surface area (TPSA) is 41.9 Å². The number of nitrogens with zero attached hydrogens (tertiary/aromatic N) is 2. The summed E-state index contributed by atoms with van der Waals surface area (Å²) in [5.74, 6) is 1.14. The minimum Gasteiger partial charge on any atom is -0.457 e. The maximum Gasteiger partial charge on any atom is 0.257 e. The van der Waals surface area contributed by atoms with Crippen LogP contribution in [0, 0.1) is 5.92 Å². The normalized spacial score (nSPS) is 18.6. The minimum absolute atomic E-state index is 0.00444. The van der Waals surface area contributed by atoms with Gasteiger partial charge in [-0.3, -0.25) is 4.79 Å². The molecule has 0 N–H and O–H groups in total. The van der Waals surface area contributed by atoms with Gasteiger partial charge in [0.1, 0.15) is 11.5 Å². The molecular formula is C23H18N2O2. The molecule has 4 heteroatoms. The lowest BCUT2D eigenvalue weighted by molar-refractivity contribution is -0.120. The fraction of sp³-hybridized carbons (Fsp3) is 0.130. The van der Waals surface area contributed by atoms with Crippen LogP contribution in [0.15, 0.2) is 84.0 Å². The minimum atomic E-state index is -0.351. The summed E-state index contributed by atoms with van der Waals surface area (Å²) >= 11 is 0. The average Bonchev–Trinajstić information content (AvgIpc) is 3.01. The summed E-state index contributed by atoms with van der Waals surface area (Å²) in [5, 5.41) is 6.13. The van der Waals surface area contributed by atoms with Crippen LogP contribution in [0.4, 0.5) is 5.69 Å². The number of benzene rings is 3. The highest BCUT2D eigenvalue weighted by molar-refractivity contribution is 6.15. The summed E-state index contributed by atoms with van der Waals surface area (Å²) in [6, 6.07) is 25.5. The molecule has 0 saturated heterocycles. The van der Waals surface area contributed by atoms with Gasteiger partial charge in [0.2, 0.25) is 0 Å². The van der Waals surface area contributed by atoms with E-state index in [-0.39, 0.29) is 17.7 Å². The molecule has 1 atom stereocenters. The Bertz CT molecular complexity index is 1010. The maximum atomic E-state index is 13.4. The van der Waals surface area contributed by atoms with E-state index in [9.17, 15) is 4.79 Å². The van der Waals surface area contributed by atoms with Gasteiger partial charge in [-0.15, -0.1) is 0 Å². The van der Waals surface area contributed by atoms with Crippen molar-refractivity contribution in [1.29, 1.82) is 0 Å². The van der Waals surface area contributed by atoms with Gasteiger partial charge in [0.15, 0.2) is 0 Å². The zero-order valence-electron chi connectivity index (χ0n) is 14.9. The van der Waals surface area contributed by atoms with Gasteiger partial charge < -0.3 is 4.74 Å². The van der Waals surface area contributed by atoms with E-state index in [1.54, 1.807) is 0 Å². The van der Waals surface area contributed by atoms with Crippen LogP contribution in [-0.2, 0) is 4.79 Å². The van der Waals surface area contributed by atoms with Crippen LogP contribution >= 0.6 is 0 Å². The summed E-state index contributed by atoms with van der Waals surface area (Å²) in [5.41, 5.74) is 3.66. The quantitative estimate of drug-likeness (QED) is 0.652. The van der Waals surface area contributed by atoms with Crippen LogP contribution < -0.4 is 9.75 Å². The predicted molar refractivity (Wildman–Crippen MR) is 105 cm³/mol. The third-order valence-corrected chi connectivity index (χ3v) is 5.24. The Morgan fingerprint density at radius 3 is 1.96 bits per heavy atom. The monoisotopic (exact) mass is 354 g/mol. The van der Waals surface area contributed by atoms with Crippen LogP contribution in [0.5, 0.6) is 11.5 Å². The number of carbonyl (C=O) groups excluding carboxylic acids is 1. The number of anilines is 1. The van der Waals surface area contributed by atoms with Crippen molar-refractivity contribution in [2.75, 3.05) is 5.01 Å². The largest absolute Gasteiger partial charge is 0.457 e. The van der Waals surface area contributed by atoms with Gasteiger partial charge in [-0.2, -0.15) is 5.10 Å². The van der Waals surface area contributed by atoms with Crippen molar-refractivity contribution in [2.24, 2.45) is 11.0 Å². The van der Waals surface area contributed by atoms with E-state index in [0.717, 1.165) is 34.0 Å². The highest BCUT2D eigenvalue weighted by Gasteiger charge is 2.44. The average molecular weight is 354 g/mol. The van der Waals surface area contributed by atoms with E-state index >= 15 is 0 Å². The van der Waals surface area contributed by atoms with Crippen molar-refractivity contribution in [3.63, 3.8) is 0 Å². The second kappa shape index (κ2) is 6.09. The zero-order chi connectivity index (χ0) is 18.4. The number of hydrogen-bond donors (Lipinski definition) is 0. The highest BCUT2D eigenvalue weighted by Crippen LogP contribution is 2.49. The molecule has 0 aliphatic carbocycles. The van der Waals surface area contributed by atoms with Crippen molar-refractivity contribution < 1.29 is 9.53 Å². The molecule has 0 saturated carbocycles. The molecule has 1 amide bonds. The van der Waals surface area contributed by atoms with E-state index in [4.69, 9.17) is 4.74 Å². The standard InChI is InChI=1S/C23H18N2O2/c1-15-21(23(26)25(24-15)16-9-3-2-4-10-16)22-17-11-5-7-13-19(17)27-20-14-8-6-12-18(20)22/h2-14,21-22H,1H3/t21-/m0/s1. The number of hydrogen-bond acceptors (Lipinski definition) is 3. The van der Waals surface area contributed by atoms with E-state index < -0.39 is 0 Å². The lowest BCUT2D eigenvalue weighted by Crippen LogP contribution is -2.33. The molecule has 27 heavy (non-hydrogen) atoms. The third-order valence-electron chi connectivity index (χ3n) is 5.24. The lowest BCUT2D eigenvalue weighted by Gasteiger charge is -2.31. The van der Waals surface area contributed by atoms with Gasteiger partial charge in [0.25, 0.3) is 5.91 Å². The summed E-state index contributed by atoms with van der Waals surface area (Å²) in [7, 11) is 0. The van der Waals surface area contributed by atoms with E-state index in [1.807, 2.05) is 85.8 Å². The smallest absolute Gasteiger partial charge is 0.257 e. The molecule has 2 heterocycles. The fourth-order valence-corrected chi connectivity index (χ4v) is 4.02. The Kier molecular flexibility index (Phi) is 3.57. The van der Waals surface area contributed by atoms with Crippen molar-refractivity contribution in [3.8, 4) is 11.5 Å². The fourth-order valence-electron chi connectivity index (χ4n) is 4.02. The van der Waals surface area contributed by atoms with Gasteiger partial charge in [0, 0.05) is 22.8 Å². The van der Waals surface area contributed by atoms with Gasteiger partial charge in [-0.1, -0.05) is 54.6 Å². The van der Waals surface area contributed by atoms with E-state index in [2.05, 4.69) is 5.10 Å². The number of amides is 1. The van der Waals surface area contributed by atoms with Gasteiger partial charge in [0.05, 0.1) is 11.6 Å². The molecule has 0 bridgehead atoms. The number of ether oxygens (including phenoxy) is 1. The molecule has 0 radical (unpaired) electrons. The molecule has 132 valence electrons. The molecule has 0 fully saturated rings. The van der Waals surface area contributed by atoms with Crippen LogP contribution in [0.3, 0.4) is 0 Å². The first kappa shape index (κ1) is 15.8. The molecular weight excluding hydrogens is 336 g/mol. The third kappa shape index (κ3) is 2.45. The van der Waals surface area contributed by atoms with Gasteiger partial charge in [-0.25, -0.2) is 5.01 Å². The number of para-hydroxylation sites is 3. The molecule has 3 aromatic carbocycles. The Hall–Kier alpha value is -3.40. The summed E-state index contributed by atoms with van der Waals surface area (Å²) < 4.78 is 6.08. The number of hydrazone groups is 1. The van der Waals surface area contributed by atoms with E-state index in [0.29, 0.717) is 0 Å². The molecule has 0 aromatic heterocycles. The molecule has 4 nitrogen and oxygen atoms in total. The highest BCUT2D eigenvalue weighted by atomic mass is 16.5. The van der Waals surface area contributed by atoms with Crippen LogP contribution in [-0.4, -0.2) is 11.6 Å². The predicted octanol–water partition coefficient (Wildman–Crippen LogP) is 4.96. The van der Waals surface area contributed by atoms with Gasteiger partial charge in [-0.05, 0) is 31.2 Å². The Balaban J connectivity index is 1.63. The molecule has 2 aliphatic heterocycles. The van der Waals surface area contributed by atoms with Crippen molar-refractivity contribution in [3.05, 3.63) is 90.0 Å². The molecule has 5 rings (SSSR count). The lowest BCUT2D eigenvalue weighted by atomic mass is 9.76. The number of fused-ring (bicyclic) bond motifs is 2. The Morgan fingerprint density at radius 1 is 0.778 bits per heavy atom. The molecule has 0 unspecified atom stereocenters. The summed E-state index contributed by atoms with van der Waals surface area (Å²) in [6.45, 7) is 1.94. The van der Waals surface area contributed by atoms with E-state index in [1.165, 1.54) is 5.01 Å². The second-order valence-electron chi connectivity index (χ2n) is 6.86. The molecule has 3 aromatic rings. The van der Waals surface area contributed by atoms with Crippen LogP contribution in [0.25, 0.3) is 0 Å². The zero-order valence-corrected chi connectivity index (χ0v) is 14.9. The maximum absolute atomic E-state index is 13.4. The molecule has 0 spiro atoms. The number of carbonyl (C=O) groups is 1. The van der Waals surface area contributed by atoms with Crippen molar-refractivity contribution in [2.45, 2.75) is 12.8 Å². The number of rotatable bonds is 2. The van der Waals surface area contributed by atoms with Crippen molar-refractivity contribution >= 4 is 17.3 Å². The first-order chi connectivity index (χ1) is 13.2. The van der Waals surface area contributed by atoms with Crippen molar-refractivity contribution in [1.82, 2.24) is 0 Å². The summed E-state index contributed by atoms with van der Waals surface area (Å²) in [6.07, 6.45) is 0. The second-order valence-corrected chi connectivity index (χ2v) is 6.86. The first-order valence-corrected chi connectivity index (χ1v) is 9.04.